The van der Waals surface area contributed by atoms with E-state index in [1.54, 1.807) is 6.26 Å². The minimum atomic E-state index is -1.17. The summed E-state index contributed by atoms with van der Waals surface area (Å²) in [5.41, 5.74) is -0.174. The number of esters is 2. The Morgan fingerprint density at radius 3 is 2.00 bits per heavy atom. The van der Waals surface area contributed by atoms with Crippen LogP contribution in [0.4, 0.5) is 0 Å². The van der Waals surface area contributed by atoms with Gasteiger partial charge in [-0.1, -0.05) is 0 Å². The molecule has 0 aromatic carbocycles. The summed E-state index contributed by atoms with van der Waals surface area (Å²) < 4.78 is 9.63. The van der Waals surface area contributed by atoms with Crippen molar-refractivity contribution in [3.05, 3.63) is 11.0 Å². The predicted octanol–water partition coefficient (Wildman–Crippen LogP) is 0.870. The van der Waals surface area contributed by atoms with E-state index >= 15 is 0 Å². The van der Waals surface area contributed by atoms with Gasteiger partial charge < -0.3 is 19.1 Å². The van der Waals surface area contributed by atoms with Gasteiger partial charge in [-0.15, -0.1) is 5.41 Å². The molecule has 1 rings (SSSR count). The van der Waals surface area contributed by atoms with Crippen LogP contribution in [0, 0.1) is 5.41 Å². The molecule has 1 aliphatic heterocycles. The minimum absolute atomic E-state index is 0. The van der Waals surface area contributed by atoms with Gasteiger partial charge in [-0.25, -0.2) is 11.8 Å². The number of hydrogen-bond acceptors (Lipinski definition) is 5. The van der Waals surface area contributed by atoms with Crippen LogP contribution in [0.25, 0.3) is 0 Å². The summed E-state index contributed by atoms with van der Waals surface area (Å²) in [6, 6.07) is 0. The molecule has 14 heavy (non-hydrogen) atoms. The van der Waals surface area contributed by atoms with E-state index in [9.17, 15) is 9.59 Å². The van der Waals surface area contributed by atoms with Crippen molar-refractivity contribution >= 4 is 23.7 Å². The molecule has 1 saturated heterocycles. The number of carbonyl (C=O) groups is 2. The Morgan fingerprint density at radius 2 is 1.64 bits per heavy atom. The Labute approximate surface area is 112 Å². The Morgan fingerprint density at radius 1 is 1.21 bits per heavy atom. The zero-order valence-electron chi connectivity index (χ0n) is 8.12. The maximum Gasteiger partial charge on any atom is 0.229 e. The molecule has 0 aliphatic carbocycles. The summed E-state index contributed by atoms with van der Waals surface area (Å²) in [7, 11) is 0. The van der Waals surface area contributed by atoms with Crippen LogP contribution in [0.1, 0.15) is 13.8 Å². The maximum absolute atomic E-state index is 11.2. The van der Waals surface area contributed by atoms with Gasteiger partial charge >= 0.3 is 0 Å². The summed E-state index contributed by atoms with van der Waals surface area (Å²) in [5, 5.41) is 2.51. The zero-order chi connectivity index (χ0) is 10.1. The van der Waals surface area contributed by atoms with Crippen molar-refractivity contribution in [3.63, 3.8) is 0 Å². The van der Waals surface area contributed by atoms with E-state index in [1.165, 1.54) is 13.8 Å². The van der Waals surface area contributed by atoms with Crippen LogP contribution in [-0.2, 0) is 51.8 Å². The van der Waals surface area contributed by atoms with Gasteiger partial charge in [0.1, 0.15) is 0 Å². The van der Waals surface area contributed by atoms with Crippen molar-refractivity contribution in [1.29, 1.82) is 0 Å². The smallest absolute Gasteiger partial charge is 0.229 e. The average Bonchev–Trinajstić information content (AvgIpc) is 1.94. The summed E-state index contributed by atoms with van der Waals surface area (Å²) >= 11 is 1.13. The maximum atomic E-state index is 11.2. The molecule has 0 aromatic rings. The van der Waals surface area contributed by atoms with Crippen LogP contribution >= 0.6 is 11.8 Å². The molecule has 4 nitrogen and oxygen atoms in total. The SMILES string of the molecule is CS[C-]=C1C(=O)OC(C)(C)OC1=O.[Y]. The number of cyclic esters (lactones) is 2. The third kappa shape index (κ3) is 3.37. The monoisotopic (exact) mass is 290 g/mol. The largest absolute Gasteiger partial charge is 0.482 e. The second kappa shape index (κ2) is 5.28. The first-order valence-corrected chi connectivity index (χ1v) is 4.81. The zero-order valence-corrected chi connectivity index (χ0v) is 11.8. The molecule has 0 aromatic heterocycles. The molecule has 0 amide bonds. The van der Waals surface area contributed by atoms with Crippen molar-refractivity contribution in [1.82, 2.24) is 0 Å². The Hall–Kier alpha value is 0.134. The molecular weight excluding hydrogens is 281 g/mol. The summed E-state index contributed by atoms with van der Waals surface area (Å²) in [4.78, 5) is 22.3. The predicted molar refractivity (Wildman–Crippen MR) is 46.5 cm³/mol. The first-order chi connectivity index (χ1) is 5.96. The quantitative estimate of drug-likeness (QED) is 0.310. The molecule has 1 heterocycles. The molecule has 1 fully saturated rings. The molecule has 0 saturated carbocycles. The molecule has 1 radical (unpaired) electrons. The van der Waals surface area contributed by atoms with Gasteiger partial charge in [-0.3, -0.25) is 0 Å². The number of rotatable bonds is 1. The summed E-state index contributed by atoms with van der Waals surface area (Å²) in [6.45, 7) is 3.00. The van der Waals surface area contributed by atoms with Crippen LogP contribution in [0.3, 0.4) is 0 Å². The topological polar surface area (TPSA) is 52.6 Å². The van der Waals surface area contributed by atoms with E-state index in [4.69, 9.17) is 9.47 Å². The van der Waals surface area contributed by atoms with Gasteiger partial charge in [0, 0.05) is 46.6 Å². The standard InChI is InChI=1S/C8H9O4S.Y/c1-8(2)11-6(9)5(4-13-3)7(10)12-8;/h1-3H3;/q-1;. The van der Waals surface area contributed by atoms with Crippen LogP contribution in [0.15, 0.2) is 5.57 Å². The van der Waals surface area contributed by atoms with Crippen molar-refractivity contribution in [2.45, 2.75) is 19.6 Å². The molecule has 6 heteroatoms. The fraction of sp³-hybridized carbons (Fsp3) is 0.500. The first-order valence-electron chi connectivity index (χ1n) is 3.59. The van der Waals surface area contributed by atoms with Crippen LogP contribution in [0.5, 0.6) is 0 Å². The van der Waals surface area contributed by atoms with Crippen LogP contribution in [0.2, 0.25) is 0 Å². The van der Waals surface area contributed by atoms with Gasteiger partial charge in [0.15, 0.2) is 0 Å². The van der Waals surface area contributed by atoms with Gasteiger partial charge in [0.2, 0.25) is 17.7 Å². The fourth-order valence-electron chi connectivity index (χ4n) is 0.838. The molecule has 0 bridgehead atoms. The molecule has 75 valence electrons. The second-order valence-corrected chi connectivity index (χ2v) is 3.47. The number of hydrogen-bond donors (Lipinski definition) is 0. The van der Waals surface area contributed by atoms with E-state index < -0.39 is 17.7 Å². The number of carbonyl (C=O) groups excluding carboxylic acids is 2. The molecule has 0 atom stereocenters. The molecule has 1 aliphatic rings. The molecular formula is C8H9O4SY-. The Balaban J connectivity index is 0.00000169. The third-order valence-electron chi connectivity index (χ3n) is 1.29. The first kappa shape index (κ1) is 14.1. The van der Waals surface area contributed by atoms with E-state index in [0.717, 1.165) is 11.8 Å². The minimum Gasteiger partial charge on any atom is -0.482 e. The van der Waals surface area contributed by atoms with Gasteiger partial charge in [-0.05, 0) is 11.8 Å². The summed E-state index contributed by atoms with van der Waals surface area (Å²) in [5.74, 6) is -2.54. The number of ether oxygens (including phenoxy) is 2. The fourth-order valence-corrected chi connectivity index (χ4v) is 1.21. The van der Waals surface area contributed by atoms with E-state index in [-0.39, 0.29) is 38.3 Å². The van der Waals surface area contributed by atoms with E-state index in [1.807, 2.05) is 0 Å². The van der Waals surface area contributed by atoms with Crippen molar-refractivity contribution in [2.75, 3.05) is 6.26 Å². The Bertz CT molecular complexity index is 263. The van der Waals surface area contributed by atoms with Crippen molar-refractivity contribution in [3.8, 4) is 0 Å². The van der Waals surface area contributed by atoms with Gasteiger partial charge in [-0.2, -0.15) is 0 Å². The van der Waals surface area contributed by atoms with Crippen molar-refractivity contribution < 1.29 is 51.8 Å². The van der Waals surface area contributed by atoms with Gasteiger partial charge in [0.25, 0.3) is 0 Å². The molecule has 0 N–H and O–H groups in total. The van der Waals surface area contributed by atoms with Crippen LogP contribution < -0.4 is 0 Å². The van der Waals surface area contributed by atoms with Crippen molar-refractivity contribution in [2.24, 2.45) is 0 Å². The van der Waals surface area contributed by atoms with E-state index in [0.29, 0.717) is 0 Å². The Kier molecular flexibility index (Phi) is 5.33. The summed E-state index contributed by atoms with van der Waals surface area (Å²) in [6.07, 6.45) is 1.69. The normalized spacial score (nSPS) is 19.2. The van der Waals surface area contributed by atoms with Gasteiger partial charge in [0.05, 0.1) is 0 Å². The molecule has 0 spiro atoms. The average molecular weight is 290 g/mol. The molecule has 0 unspecified atom stereocenters. The third-order valence-corrected chi connectivity index (χ3v) is 1.70. The van der Waals surface area contributed by atoms with Crippen LogP contribution in [-0.4, -0.2) is 24.0 Å². The second-order valence-electron chi connectivity index (χ2n) is 2.86. The van der Waals surface area contributed by atoms with E-state index in [2.05, 4.69) is 5.41 Å². The number of thioether (sulfide) groups is 1.